The third kappa shape index (κ3) is 3.58. The van der Waals surface area contributed by atoms with Crippen molar-refractivity contribution in [3.05, 3.63) is 29.0 Å². The van der Waals surface area contributed by atoms with Gasteiger partial charge in [0.25, 0.3) is 5.91 Å². The molecule has 28 heavy (non-hydrogen) atoms. The molecule has 1 atom stereocenters. The number of methoxy groups -OCH3 is 3. The fourth-order valence-corrected chi connectivity index (χ4v) is 4.40. The van der Waals surface area contributed by atoms with Crippen LogP contribution in [0.4, 0.5) is 5.82 Å². The average Bonchev–Trinajstić information content (AvgIpc) is 3.17. The molecule has 2 heterocycles. The number of carbonyl (C=O) groups excluding carboxylic acids is 1. The Morgan fingerprint density at radius 1 is 1.11 bits per heavy atom. The van der Waals surface area contributed by atoms with E-state index in [0.29, 0.717) is 40.1 Å². The van der Waals surface area contributed by atoms with Crippen molar-refractivity contribution in [1.82, 2.24) is 9.78 Å². The standard InChI is InChI=1S/C19H25N3O5S/c1-19(2,3)22-17(12-9-28(24)10-13(12)21-22)20-18(23)11-7-14(25-4)16(27-6)15(8-11)26-5/h7-8H,9-10H2,1-6H3,(H,20,23). The van der Waals surface area contributed by atoms with Crippen molar-refractivity contribution in [2.75, 3.05) is 26.6 Å². The van der Waals surface area contributed by atoms with Gasteiger partial charge >= 0.3 is 0 Å². The lowest BCUT2D eigenvalue weighted by Crippen LogP contribution is -2.27. The van der Waals surface area contributed by atoms with Crippen LogP contribution in [0.15, 0.2) is 12.1 Å². The molecule has 1 aliphatic heterocycles. The number of hydrogen-bond acceptors (Lipinski definition) is 6. The fourth-order valence-electron chi connectivity index (χ4n) is 3.13. The summed E-state index contributed by atoms with van der Waals surface area (Å²) >= 11 is 0. The molecule has 8 nitrogen and oxygen atoms in total. The van der Waals surface area contributed by atoms with Crippen LogP contribution < -0.4 is 19.5 Å². The van der Waals surface area contributed by atoms with Crippen LogP contribution in [0.5, 0.6) is 17.2 Å². The van der Waals surface area contributed by atoms with Crippen molar-refractivity contribution in [2.24, 2.45) is 0 Å². The molecule has 1 unspecified atom stereocenters. The van der Waals surface area contributed by atoms with E-state index in [2.05, 4.69) is 10.4 Å². The highest BCUT2D eigenvalue weighted by Gasteiger charge is 2.31. The number of amides is 1. The summed E-state index contributed by atoms with van der Waals surface area (Å²) in [6.07, 6.45) is 0. The molecule has 0 fully saturated rings. The maximum Gasteiger partial charge on any atom is 0.257 e. The molecule has 2 aromatic rings. The number of aromatic nitrogens is 2. The highest BCUT2D eigenvalue weighted by molar-refractivity contribution is 7.83. The van der Waals surface area contributed by atoms with Gasteiger partial charge in [-0.1, -0.05) is 0 Å². The summed E-state index contributed by atoms with van der Waals surface area (Å²) in [7, 11) is 3.51. The molecule has 1 aromatic carbocycles. The van der Waals surface area contributed by atoms with E-state index in [-0.39, 0.29) is 11.4 Å². The van der Waals surface area contributed by atoms with Crippen LogP contribution in [0.25, 0.3) is 0 Å². The predicted octanol–water partition coefficient (Wildman–Crippen LogP) is 2.68. The van der Waals surface area contributed by atoms with Gasteiger partial charge in [-0.25, -0.2) is 4.68 Å². The lowest BCUT2D eigenvalue weighted by molar-refractivity contribution is 0.102. The average molecular weight is 407 g/mol. The highest BCUT2D eigenvalue weighted by Crippen LogP contribution is 2.39. The van der Waals surface area contributed by atoms with Crippen molar-refractivity contribution in [1.29, 1.82) is 0 Å². The van der Waals surface area contributed by atoms with E-state index < -0.39 is 10.8 Å². The summed E-state index contributed by atoms with van der Waals surface area (Å²) < 4.78 is 29.7. The first-order valence-electron chi connectivity index (χ1n) is 8.77. The minimum Gasteiger partial charge on any atom is -0.493 e. The van der Waals surface area contributed by atoms with Gasteiger partial charge in [0.05, 0.1) is 44.1 Å². The smallest absolute Gasteiger partial charge is 0.257 e. The Labute approximate surface area is 166 Å². The van der Waals surface area contributed by atoms with Crippen molar-refractivity contribution in [2.45, 2.75) is 37.8 Å². The zero-order valence-electron chi connectivity index (χ0n) is 16.9. The molecule has 0 spiro atoms. The zero-order chi connectivity index (χ0) is 20.6. The maximum atomic E-state index is 13.0. The van der Waals surface area contributed by atoms with Gasteiger partial charge in [-0.15, -0.1) is 0 Å². The van der Waals surface area contributed by atoms with E-state index in [0.717, 1.165) is 11.3 Å². The summed E-state index contributed by atoms with van der Waals surface area (Å²) in [5, 5.41) is 7.54. The first-order chi connectivity index (χ1) is 13.2. The van der Waals surface area contributed by atoms with E-state index in [1.165, 1.54) is 21.3 Å². The lowest BCUT2D eigenvalue weighted by Gasteiger charge is -2.23. The van der Waals surface area contributed by atoms with Crippen LogP contribution in [0.3, 0.4) is 0 Å². The monoisotopic (exact) mass is 407 g/mol. The van der Waals surface area contributed by atoms with E-state index in [9.17, 15) is 9.00 Å². The van der Waals surface area contributed by atoms with Crippen LogP contribution in [-0.4, -0.2) is 41.2 Å². The van der Waals surface area contributed by atoms with Gasteiger partial charge in [0.15, 0.2) is 11.5 Å². The van der Waals surface area contributed by atoms with Crippen LogP contribution in [0.2, 0.25) is 0 Å². The Bertz CT molecular complexity index is 921. The Balaban J connectivity index is 2.02. The zero-order valence-corrected chi connectivity index (χ0v) is 17.7. The predicted molar refractivity (Wildman–Crippen MR) is 107 cm³/mol. The third-order valence-corrected chi connectivity index (χ3v) is 5.67. The van der Waals surface area contributed by atoms with Gasteiger partial charge < -0.3 is 19.5 Å². The molecule has 0 saturated carbocycles. The summed E-state index contributed by atoms with van der Waals surface area (Å²) in [6, 6.07) is 3.18. The highest BCUT2D eigenvalue weighted by atomic mass is 32.2. The number of nitrogens with zero attached hydrogens (tertiary/aromatic N) is 2. The largest absolute Gasteiger partial charge is 0.493 e. The number of ether oxygens (including phenoxy) is 3. The van der Waals surface area contributed by atoms with Crippen LogP contribution in [0, 0.1) is 0 Å². The van der Waals surface area contributed by atoms with Crippen molar-refractivity contribution < 1.29 is 23.2 Å². The van der Waals surface area contributed by atoms with E-state index in [4.69, 9.17) is 14.2 Å². The normalized spacial score (nSPS) is 15.9. The number of anilines is 1. The molecule has 0 bridgehead atoms. The molecule has 1 amide bonds. The molecule has 3 rings (SSSR count). The van der Waals surface area contributed by atoms with Gasteiger partial charge in [0, 0.05) is 21.9 Å². The number of fused-ring (bicyclic) bond motifs is 1. The van der Waals surface area contributed by atoms with Crippen molar-refractivity contribution >= 4 is 22.5 Å². The first-order valence-corrected chi connectivity index (χ1v) is 10.3. The second-order valence-corrected chi connectivity index (χ2v) is 8.91. The van der Waals surface area contributed by atoms with E-state index in [1.807, 2.05) is 20.8 Å². The van der Waals surface area contributed by atoms with Gasteiger partial charge in [-0.3, -0.25) is 9.00 Å². The van der Waals surface area contributed by atoms with Crippen LogP contribution in [0.1, 0.15) is 42.4 Å². The second-order valence-electron chi connectivity index (χ2n) is 7.45. The molecule has 1 N–H and O–H groups in total. The van der Waals surface area contributed by atoms with E-state index in [1.54, 1.807) is 16.8 Å². The third-order valence-electron chi connectivity index (χ3n) is 4.46. The summed E-state index contributed by atoms with van der Waals surface area (Å²) in [5.74, 6) is 2.22. The van der Waals surface area contributed by atoms with Crippen molar-refractivity contribution in [3.63, 3.8) is 0 Å². The molecule has 1 aromatic heterocycles. The maximum absolute atomic E-state index is 13.0. The molecule has 0 aliphatic carbocycles. The Morgan fingerprint density at radius 3 is 2.21 bits per heavy atom. The minimum atomic E-state index is -0.991. The number of benzene rings is 1. The summed E-state index contributed by atoms with van der Waals surface area (Å²) in [4.78, 5) is 13.0. The fraction of sp³-hybridized carbons (Fsp3) is 0.474. The number of carbonyl (C=O) groups is 1. The second kappa shape index (κ2) is 7.46. The topological polar surface area (TPSA) is 91.7 Å². The number of hydrogen-bond donors (Lipinski definition) is 1. The molecular formula is C19H25N3O5S. The van der Waals surface area contributed by atoms with Crippen molar-refractivity contribution in [3.8, 4) is 17.2 Å². The van der Waals surface area contributed by atoms with Gasteiger partial charge in [-0.05, 0) is 32.9 Å². The Morgan fingerprint density at radius 2 is 1.71 bits per heavy atom. The van der Waals surface area contributed by atoms with Gasteiger partial charge in [-0.2, -0.15) is 5.10 Å². The van der Waals surface area contributed by atoms with Crippen LogP contribution >= 0.6 is 0 Å². The quantitative estimate of drug-likeness (QED) is 0.819. The minimum absolute atomic E-state index is 0.342. The SMILES string of the molecule is COc1cc(C(=O)Nc2c3c(nn2C(C)(C)C)CS(=O)C3)cc(OC)c1OC. The summed E-state index contributed by atoms with van der Waals surface area (Å²) in [6.45, 7) is 6.00. The van der Waals surface area contributed by atoms with E-state index >= 15 is 0 Å². The Kier molecular flexibility index (Phi) is 5.38. The number of nitrogens with one attached hydrogen (secondary N) is 1. The molecule has 0 saturated heterocycles. The molecule has 152 valence electrons. The summed E-state index contributed by atoms with van der Waals surface area (Å²) in [5.41, 5.74) is 1.61. The first kappa shape index (κ1) is 20.2. The van der Waals surface area contributed by atoms with Gasteiger partial charge in [0.2, 0.25) is 5.75 Å². The molecule has 9 heteroatoms. The Hall–Kier alpha value is -2.55. The van der Waals surface area contributed by atoms with Gasteiger partial charge in [0.1, 0.15) is 5.82 Å². The number of rotatable bonds is 5. The van der Waals surface area contributed by atoms with Crippen LogP contribution in [-0.2, 0) is 27.8 Å². The molecule has 1 aliphatic rings. The lowest BCUT2D eigenvalue weighted by atomic mass is 10.1. The molecular weight excluding hydrogens is 382 g/mol. The molecule has 0 radical (unpaired) electrons.